The molecule has 67 heavy (non-hydrogen) atoms. The highest BCUT2D eigenvalue weighted by Gasteiger charge is 2.67. The van der Waals surface area contributed by atoms with Crippen LogP contribution in [0.15, 0.2) is 36.4 Å². The fraction of sp³-hybridized carbons (Fsp3) is 0.719. The van der Waals surface area contributed by atoms with Gasteiger partial charge in [0.25, 0.3) is 5.91 Å². The Labute approximate surface area is 406 Å². The molecule has 10 nitrogen and oxygen atoms in total. The summed E-state index contributed by atoms with van der Waals surface area (Å²) in [4.78, 5) is 73.9. The number of urea groups is 2. The molecule has 2 saturated heterocycles. The molecule has 2 aromatic rings. The topological polar surface area (TPSA) is 110 Å². The number of carbonyl (C=O) groups excluding carboxylic acids is 4. The van der Waals surface area contributed by atoms with Crippen molar-refractivity contribution in [3.8, 4) is 0 Å². The lowest BCUT2D eigenvalue weighted by molar-refractivity contribution is -0.143. The second-order valence-corrected chi connectivity index (χ2v) is 22.9. The molecular weight excluding hydrogens is 833 g/mol. The van der Waals surface area contributed by atoms with Crippen molar-refractivity contribution in [1.29, 1.82) is 0 Å². The quantitative estimate of drug-likeness (QED) is 0.126. The van der Waals surface area contributed by atoms with Crippen LogP contribution in [0.2, 0.25) is 0 Å². The number of hydrogen-bond acceptors (Lipinski definition) is 4. The first kappa shape index (κ1) is 52.3. The average Bonchev–Trinajstić information content (AvgIpc) is 3.69. The van der Waals surface area contributed by atoms with E-state index in [0.717, 1.165) is 117 Å². The standard InChI is InChI=1S/C57H90N6O4/c1-12-13-14-15-16-17-24-35-59-53(66)61(38-55(59)31-20-18-21-32-55)57(36-49(58)64,62-39-56(33-22-19-23-34-56)60(54(62)67)37-40(2)3)52(65)63(50-45(41(4)5)27-25-28-46(50)42(6)7)51-47(43(8)9)29-26-30-48(51)44(10)11/h25-30,40-44H,12-24,31-39H2,1-11H3,(H2,58,64). The maximum absolute atomic E-state index is 17.7. The van der Waals surface area contributed by atoms with Crippen molar-refractivity contribution in [3.05, 3.63) is 58.7 Å². The molecule has 0 radical (unpaired) electrons. The summed E-state index contributed by atoms with van der Waals surface area (Å²) < 4.78 is 0. The van der Waals surface area contributed by atoms with Crippen molar-refractivity contribution in [2.75, 3.05) is 31.1 Å². The van der Waals surface area contributed by atoms with Gasteiger partial charge in [-0.1, -0.05) is 190 Å². The maximum atomic E-state index is 17.7. The van der Waals surface area contributed by atoms with Crippen molar-refractivity contribution >= 4 is 35.3 Å². The molecule has 2 aliphatic heterocycles. The minimum atomic E-state index is -2.08. The third-order valence-electron chi connectivity index (χ3n) is 16.1. The Balaban J connectivity index is 1.70. The number of para-hydroxylation sites is 2. The summed E-state index contributed by atoms with van der Waals surface area (Å²) >= 11 is 0. The fourth-order valence-electron chi connectivity index (χ4n) is 12.6. The highest BCUT2D eigenvalue weighted by atomic mass is 16.2. The van der Waals surface area contributed by atoms with E-state index in [1.807, 2.05) is 9.80 Å². The van der Waals surface area contributed by atoms with E-state index >= 15 is 14.4 Å². The lowest BCUT2D eigenvalue weighted by Gasteiger charge is -2.49. The van der Waals surface area contributed by atoms with E-state index in [1.165, 1.54) is 25.7 Å². The van der Waals surface area contributed by atoms with Gasteiger partial charge in [0, 0.05) is 26.2 Å². The van der Waals surface area contributed by atoms with E-state index < -0.39 is 35.0 Å². The zero-order chi connectivity index (χ0) is 48.8. The number of amides is 6. The van der Waals surface area contributed by atoms with E-state index in [1.54, 1.807) is 9.80 Å². The molecule has 0 bridgehead atoms. The first-order valence-corrected chi connectivity index (χ1v) is 26.9. The average molecular weight is 923 g/mol. The Morgan fingerprint density at radius 3 is 1.37 bits per heavy atom. The van der Waals surface area contributed by atoms with Gasteiger partial charge in [-0.2, -0.15) is 0 Å². The molecule has 10 heteroatoms. The van der Waals surface area contributed by atoms with Crippen LogP contribution >= 0.6 is 0 Å². The third kappa shape index (κ3) is 10.4. The van der Waals surface area contributed by atoms with Crippen LogP contribution in [0, 0.1) is 5.92 Å². The Hall–Kier alpha value is -4.08. The summed E-state index contributed by atoms with van der Waals surface area (Å²) in [6, 6.07) is 12.1. The molecule has 6 rings (SSSR count). The molecule has 2 aromatic carbocycles. The summed E-state index contributed by atoms with van der Waals surface area (Å²) in [5.74, 6) is -0.936. The number of nitrogens with zero attached hydrogens (tertiary/aromatic N) is 5. The first-order chi connectivity index (χ1) is 31.9. The fourth-order valence-corrected chi connectivity index (χ4v) is 12.6. The van der Waals surface area contributed by atoms with Crippen LogP contribution in [0.1, 0.15) is 238 Å². The number of unbranched alkanes of at least 4 members (excludes halogenated alkanes) is 6. The van der Waals surface area contributed by atoms with Gasteiger partial charge in [0.2, 0.25) is 11.6 Å². The normalized spacial score (nSPS) is 19.4. The van der Waals surface area contributed by atoms with Gasteiger partial charge in [-0.25, -0.2) is 9.59 Å². The predicted octanol–water partition coefficient (Wildman–Crippen LogP) is 13.7. The van der Waals surface area contributed by atoms with Crippen LogP contribution < -0.4 is 10.6 Å². The Morgan fingerprint density at radius 1 is 0.597 bits per heavy atom. The Bertz CT molecular complexity index is 1910. The van der Waals surface area contributed by atoms with Crippen molar-refractivity contribution in [1.82, 2.24) is 19.6 Å². The van der Waals surface area contributed by atoms with E-state index in [0.29, 0.717) is 13.1 Å². The highest BCUT2D eigenvalue weighted by molar-refractivity contribution is 6.12. The third-order valence-corrected chi connectivity index (χ3v) is 16.1. The summed E-state index contributed by atoms with van der Waals surface area (Å²) in [6.07, 6.45) is 16.6. The van der Waals surface area contributed by atoms with Gasteiger partial charge in [0.15, 0.2) is 0 Å². The van der Waals surface area contributed by atoms with Gasteiger partial charge in [0.05, 0.1) is 28.9 Å². The van der Waals surface area contributed by atoms with Crippen molar-refractivity contribution < 1.29 is 19.2 Å². The molecule has 372 valence electrons. The second kappa shape index (κ2) is 22.1. The largest absolute Gasteiger partial charge is 0.370 e. The molecule has 2 spiro atoms. The molecule has 1 unspecified atom stereocenters. The molecule has 4 fully saturated rings. The molecule has 6 amide bonds. The van der Waals surface area contributed by atoms with Crippen LogP contribution in [0.3, 0.4) is 0 Å². The number of nitrogens with two attached hydrogens (primary N) is 1. The molecular formula is C57H90N6O4. The van der Waals surface area contributed by atoms with Gasteiger partial charge < -0.3 is 15.5 Å². The lowest BCUT2D eigenvalue weighted by Crippen LogP contribution is -2.71. The number of hydrogen-bond donors (Lipinski definition) is 1. The van der Waals surface area contributed by atoms with Crippen molar-refractivity contribution in [2.24, 2.45) is 11.7 Å². The molecule has 4 aliphatic rings. The lowest BCUT2D eigenvalue weighted by atomic mass is 9.79. The van der Waals surface area contributed by atoms with Crippen LogP contribution in [0.4, 0.5) is 21.0 Å². The van der Waals surface area contributed by atoms with Crippen LogP contribution in [0.25, 0.3) is 0 Å². The predicted molar refractivity (Wildman–Crippen MR) is 275 cm³/mol. The molecule has 2 heterocycles. The number of benzene rings is 2. The van der Waals surface area contributed by atoms with Gasteiger partial charge >= 0.3 is 12.1 Å². The first-order valence-electron chi connectivity index (χ1n) is 26.9. The molecule has 2 aliphatic carbocycles. The summed E-state index contributed by atoms with van der Waals surface area (Å²) in [5.41, 5.74) is 8.93. The van der Waals surface area contributed by atoms with Crippen molar-refractivity contribution in [2.45, 2.75) is 232 Å². The minimum absolute atomic E-state index is 0.0140. The van der Waals surface area contributed by atoms with E-state index in [2.05, 4.69) is 117 Å². The van der Waals surface area contributed by atoms with Crippen molar-refractivity contribution in [3.63, 3.8) is 0 Å². The SMILES string of the molecule is CCCCCCCCCN1C(=O)N(C(CC(N)=O)(C(=O)N(c2c(C(C)C)cccc2C(C)C)c2c(C(C)C)cccc2C(C)C)N2CC3(CCCCC3)N(CC(C)C)C2=O)CC12CCCCC2. The van der Waals surface area contributed by atoms with E-state index in [-0.39, 0.29) is 54.7 Å². The van der Waals surface area contributed by atoms with Crippen LogP contribution in [0.5, 0.6) is 0 Å². The molecule has 2 saturated carbocycles. The summed E-state index contributed by atoms with van der Waals surface area (Å²) in [5, 5.41) is 0. The number of rotatable bonds is 21. The van der Waals surface area contributed by atoms with E-state index in [9.17, 15) is 4.79 Å². The molecule has 0 aromatic heterocycles. The monoisotopic (exact) mass is 923 g/mol. The van der Waals surface area contributed by atoms with Gasteiger partial charge in [0.1, 0.15) is 0 Å². The number of carbonyl (C=O) groups is 4. The highest BCUT2D eigenvalue weighted by Crippen LogP contribution is 2.52. The zero-order valence-corrected chi connectivity index (χ0v) is 43.9. The minimum Gasteiger partial charge on any atom is -0.370 e. The molecule has 1 atom stereocenters. The molecule has 2 N–H and O–H groups in total. The Kier molecular flexibility index (Phi) is 17.3. The number of anilines is 2. The maximum Gasteiger partial charge on any atom is 0.322 e. The van der Waals surface area contributed by atoms with E-state index in [4.69, 9.17) is 5.73 Å². The van der Waals surface area contributed by atoms with Crippen LogP contribution in [-0.4, -0.2) is 86.4 Å². The Morgan fingerprint density at radius 2 is 0.985 bits per heavy atom. The van der Waals surface area contributed by atoms with Gasteiger partial charge in [-0.05, 0) is 83.9 Å². The summed E-state index contributed by atoms with van der Waals surface area (Å²) in [6.45, 7) is 25.4. The van der Waals surface area contributed by atoms with Crippen LogP contribution in [-0.2, 0) is 9.59 Å². The van der Waals surface area contributed by atoms with Gasteiger partial charge in [-0.15, -0.1) is 0 Å². The second-order valence-electron chi connectivity index (χ2n) is 22.9. The zero-order valence-electron chi connectivity index (χ0n) is 43.9. The summed E-state index contributed by atoms with van der Waals surface area (Å²) in [7, 11) is 0. The van der Waals surface area contributed by atoms with Gasteiger partial charge in [-0.3, -0.25) is 24.3 Å². The smallest absolute Gasteiger partial charge is 0.322 e. The number of primary amides is 1.